The monoisotopic (exact) mass is 712 g/mol. The van der Waals surface area contributed by atoms with Gasteiger partial charge in [0.05, 0.1) is 24.5 Å². The van der Waals surface area contributed by atoms with Crippen LogP contribution in [-0.4, -0.2) is 175 Å². The molecule has 16 nitrogen and oxygen atoms in total. The number of rotatable bonds is 19. The molecule has 0 aromatic heterocycles. The first-order chi connectivity index (χ1) is 23.3. The SMILES string of the molecule is CCCN(CCC)S(=O)(=O)c1ccc(C(=O)NCCCC(C(=O)O)N2CCN(CC=O)CCN(CC(=O)O)CCN(CC(=O)O)CC2)cc1. The van der Waals surface area contributed by atoms with Crippen molar-refractivity contribution in [3.05, 3.63) is 29.8 Å². The van der Waals surface area contributed by atoms with Crippen molar-refractivity contribution in [2.24, 2.45) is 0 Å². The van der Waals surface area contributed by atoms with E-state index in [1.807, 2.05) is 18.7 Å². The van der Waals surface area contributed by atoms with Gasteiger partial charge >= 0.3 is 17.9 Å². The molecule has 1 atom stereocenters. The summed E-state index contributed by atoms with van der Waals surface area (Å²) in [6.07, 6.45) is 2.59. The molecule has 1 aromatic rings. The molecule has 1 saturated heterocycles. The van der Waals surface area contributed by atoms with Gasteiger partial charge in [-0.15, -0.1) is 0 Å². The Balaban J connectivity index is 2.08. The third-order valence-electron chi connectivity index (χ3n) is 8.29. The van der Waals surface area contributed by atoms with Crippen LogP contribution in [0.4, 0.5) is 0 Å². The van der Waals surface area contributed by atoms with Crippen LogP contribution in [-0.2, 0) is 29.2 Å². The molecule has 17 heteroatoms. The van der Waals surface area contributed by atoms with Gasteiger partial charge in [-0.3, -0.25) is 38.8 Å². The molecule has 276 valence electrons. The number of carbonyl (C=O) groups is 5. The summed E-state index contributed by atoms with van der Waals surface area (Å²) in [5.41, 5.74) is 0.269. The summed E-state index contributed by atoms with van der Waals surface area (Å²) in [5.74, 6) is -3.57. The summed E-state index contributed by atoms with van der Waals surface area (Å²) >= 11 is 0. The molecular weight excluding hydrogens is 660 g/mol. The quantitative estimate of drug-likeness (QED) is 0.110. The second kappa shape index (κ2) is 21.6. The lowest BCUT2D eigenvalue weighted by atomic mass is 10.1. The van der Waals surface area contributed by atoms with E-state index < -0.39 is 39.9 Å². The molecular formula is C32H52N6O10S. The van der Waals surface area contributed by atoms with Gasteiger partial charge in [-0.05, 0) is 49.9 Å². The lowest BCUT2D eigenvalue weighted by Gasteiger charge is -2.35. The first-order valence-corrected chi connectivity index (χ1v) is 18.2. The van der Waals surface area contributed by atoms with Gasteiger partial charge in [0, 0.05) is 77.6 Å². The number of carboxylic acid groups (broad SMARTS) is 3. The maximum Gasteiger partial charge on any atom is 0.320 e. The predicted molar refractivity (Wildman–Crippen MR) is 181 cm³/mol. The second-order valence-electron chi connectivity index (χ2n) is 12.0. The lowest BCUT2D eigenvalue weighted by Crippen LogP contribution is -2.51. The third-order valence-corrected chi connectivity index (χ3v) is 10.2. The minimum Gasteiger partial charge on any atom is -0.480 e. The molecule has 49 heavy (non-hydrogen) atoms. The average Bonchev–Trinajstić information content (AvgIpc) is 3.04. The van der Waals surface area contributed by atoms with Crippen LogP contribution in [0.5, 0.6) is 0 Å². The topological polar surface area (TPSA) is 208 Å². The van der Waals surface area contributed by atoms with Crippen LogP contribution in [0.3, 0.4) is 0 Å². The van der Waals surface area contributed by atoms with E-state index in [1.165, 1.54) is 28.6 Å². The van der Waals surface area contributed by atoms with Gasteiger partial charge in [-0.25, -0.2) is 8.42 Å². The fraction of sp³-hybridized carbons (Fsp3) is 0.656. The Kier molecular flexibility index (Phi) is 18.4. The van der Waals surface area contributed by atoms with Gasteiger partial charge < -0.3 is 25.4 Å². The van der Waals surface area contributed by atoms with E-state index in [-0.39, 0.29) is 75.8 Å². The number of hydrogen-bond donors (Lipinski definition) is 4. The highest BCUT2D eigenvalue weighted by Crippen LogP contribution is 2.18. The Labute approximate surface area is 288 Å². The first-order valence-electron chi connectivity index (χ1n) is 16.7. The van der Waals surface area contributed by atoms with E-state index in [9.17, 15) is 47.7 Å². The van der Waals surface area contributed by atoms with E-state index in [4.69, 9.17) is 0 Å². The highest BCUT2D eigenvalue weighted by molar-refractivity contribution is 7.89. The number of aldehydes is 1. The molecule has 4 N–H and O–H groups in total. The van der Waals surface area contributed by atoms with Crippen molar-refractivity contribution in [3.63, 3.8) is 0 Å². The van der Waals surface area contributed by atoms with Gasteiger partial charge in [0.1, 0.15) is 12.3 Å². The summed E-state index contributed by atoms with van der Waals surface area (Å²) in [4.78, 5) is 66.6. The molecule has 1 aliphatic rings. The second-order valence-corrected chi connectivity index (χ2v) is 14.0. The molecule has 1 aromatic carbocycles. The molecule has 0 bridgehead atoms. The number of benzene rings is 1. The summed E-state index contributed by atoms with van der Waals surface area (Å²) in [6, 6.07) is 4.76. The largest absolute Gasteiger partial charge is 0.480 e. The van der Waals surface area contributed by atoms with Crippen molar-refractivity contribution < 1.29 is 47.7 Å². The number of aliphatic carboxylic acids is 3. The maximum absolute atomic E-state index is 13.0. The van der Waals surface area contributed by atoms with Crippen LogP contribution < -0.4 is 5.32 Å². The average molecular weight is 713 g/mol. The molecule has 0 aliphatic carbocycles. The highest BCUT2D eigenvalue weighted by atomic mass is 32.2. The summed E-state index contributed by atoms with van der Waals surface area (Å²) in [7, 11) is -3.69. The molecule has 1 unspecified atom stereocenters. The van der Waals surface area contributed by atoms with Crippen LogP contribution in [0.25, 0.3) is 0 Å². The van der Waals surface area contributed by atoms with Crippen molar-refractivity contribution in [2.45, 2.75) is 50.5 Å². The summed E-state index contributed by atoms with van der Waals surface area (Å²) < 4.78 is 27.5. The van der Waals surface area contributed by atoms with Gasteiger partial charge in [0.15, 0.2) is 0 Å². The molecule has 1 aliphatic heterocycles. The fourth-order valence-electron chi connectivity index (χ4n) is 5.69. The Bertz CT molecular complexity index is 1320. The normalized spacial score (nSPS) is 17.1. The zero-order valence-corrected chi connectivity index (χ0v) is 29.4. The van der Waals surface area contributed by atoms with Crippen LogP contribution in [0.2, 0.25) is 0 Å². The number of hydrogen-bond acceptors (Lipinski definition) is 11. The fourth-order valence-corrected chi connectivity index (χ4v) is 7.32. The zero-order chi connectivity index (χ0) is 36.4. The number of carbonyl (C=O) groups excluding carboxylic acids is 2. The van der Waals surface area contributed by atoms with Crippen LogP contribution >= 0.6 is 0 Å². The Morgan fingerprint density at radius 3 is 1.78 bits per heavy atom. The standard InChI is InChI=1S/C32H52N6O10S/c1-3-12-38(13-4-2)49(47,48)27-9-7-26(8-10-27)31(44)33-11-5-6-28(32(45)46)37-20-18-34(22-23-39)14-15-35(24-29(40)41)16-17-36(19-21-37)25-30(42)43/h7-10,23,28H,3-6,11-22,24-25H2,1-2H3,(H,33,44)(H,40,41)(H,42,43)(H,45,46). The predicted octanol–water partition coefficient (Wildman–Crippen LogP) is 0.0502. The Hall–Kier alpha value is -3.48. The first kappa shape index (κ1) is 41.7. The highest BCUT2D eigenvalue weighted by Gasteiger charge is 2.28. The molecule has 1 fully saturated rings. The minimum absolute atomic E-state index is 0.0896. The number of carboxylic acids is 3. The van der Waals surface area contributed by atoms with Crippen molar-refractivity contribution in [1.29, 1.82) is 0 Å². The molecule has 1 heterocycles. The molecule has 0 saturated carbocycles. The van der Waals surface area contributed by atoms with E-state index in [0.717, 1.165) is 6.29 Å². The number of amides is 1. The smallest absolute Gasteiger partial charge is 0.320 e. The van der Waals surface area contributed by atoms with Gasteiger partial charge in [0.2, 0.25) is 10.0 Å². The van der Waals surface area contributed by atoms with E-state index in [0.29, 0.717) is 52.0 Å². The van der Waals surface area contributed by atoms with Crippen LogP contribution in [0.1, 0.15) is 49.9 Å². The molecule has 2 rings (SSSR count). The Morgan fingerprint density at radius 1 is 0.816 bits per heavy atom. The molecule has 0 spiro atoms. The van der Waals surface area contributed by atoms with Crippen molar-refractivity contribution in [1.82, 2.24) is 29.2 Å². The molecule has 0 radical (unpaired) electrons. The molecule has 1 amide bonds. The number of sulfonamides is 1. The minimum atomic E-state index is -3.69. The van der Waals surface area contributed by atoms with E-state index in [2.05, 4.69) is 5.32 Å². The third kappa shape index (κ3) is 14.5. The van der Waals surface area contributed by atoms with E-state index in [1.54, 1.807) is 14.7 Å². The summed E-state index contributed by atoms with van der Waals surface area (Å²) in [5, 5.41) is 31.7. The van der Waals surface area contributed by atoms with Gasteiger partial charge in [-0.2, -0.15) is 4.31 Å². The maximum atomic E-state index is 13.0. The van der Waals surface area contributed by atoms with Crippen molar-refractivity contribution in [3.8, 4) is 0 Å². The van der Waals surface area contributed by atoms with E-state index >= 15 is 0 Å². The van der Waals surface area contributed by atoms with Crippen LogP contribution in [0.15, 0.2) is 29.2 Å². The summed E-state index contributed by atoms with van der Waals surface area (Å²) in [6.45, 7) is 6.62. The van der Waals surface area contributed by atoms with Crippen molar-refractivity contribution >= 4 is 40.1 Å². The van der Waals surface area contributed by atoms with Gasteiger partial charge in [0.25, 0.3) is 5.91 Å². The zero-order valence-electron chi connectivity index (χ0n) is 28.5. The van der Waals surface area contributed by atoms with Gasteiger partial charge in [-0.1, -0.05) is 13.8 Å². The number of nitrogens with zero attached hydrogens (tertiary/aromatic N) is 5. The van der Waals surface area contributed by atoms with Crippen molar-refractivity contribution in [2.75, 3.05) is 91.6 Å². The number of nitrogens with one attached hydrogen (secondary N) is 1. The van der Waals surface area contributed by atoms with Crippen LogP contribution in [0, 0.1) is 0 Å². The lowest BCUT2D eigenvalue weighted by molar-refractivity contribution is -0.144. The Morgan fingerprint density at radius 2 is 1.31 bits per heavy atom.